The molecule has 2 aromatic heterocycles. The number of piperidine rings is 1. The number of nitrogens with one attached hydrogen (secondary N) is 1. The highest BCUT2D eigenvalue weighted by Crippen LogP contribution is 2.28. The second-order valence-electron chi connectivity index (χ2n) is 6.70. The van der Waals surface area contributed by atoms with E-state index in [4.69, 9.17) is 10.2 Å². The predicted molar refractivity (Wildman–Crippen MR) is 94.3 cm³/mol. The number of H-pyrrole nitrogens is 1. The van der Waals surface area contributed by atoms with Crippen molar-refractivity contribution in [3.05, 3.63) is 46.4 Å². The van der Waals surface area contributed by atoms with Gasteiger partial charge in [0.25, 0.3) is 11.5 Å². The van der Waals surface area contributed by atoms with E-state index in [0.717, 1.165) is 6.42 Å². The molecule has 0 radical (unpaired) electrons. The van der Waals surface area contributed by atoms with Gasteiger partial charge in [-0.2, -0.15) is 0 Å². The molecule has 3 N–H and O–H groups in total. The van der Waals surface area contributed by atoms with Crippen molar-refractivity contribution in [2.75, 3.05) is 13.1 Å². The monoisotopic (exact) mass is 351 g/mol. The number of aromatic nitrogens is 1. The fourth-order valence-corrected chi connectivity index (χ4v) is 2.94. The Morgan fingerprint density at radius 2 is 2.12 bits per heavy atom. The van der Waals surface area contributed by atoms with Gasteiger partial charge >= 0.3 is 0 Å². The zero-order valence-electron chi connectivity index (χ0n) is 13.7. The molecule has 0 saturated carbocycles. The number of aromatic amines is 1. The third kappa shape index (κ3) is 3.39. The smallest absolute Gasteiger partial charge is 0.261 e. The highest BCUT2D eigenvalue weighted by atomic mass is 35.5. The fourth-order valence-electron chi connectivity index (χ4n) is 2.94. The van der Waals surface area contributed by atoms with Gasteiger partial charge in [0, 0.05) is 19.1 Å². The largest absolute Gasteiger partial charge is 0.463 e. The molecule has 3 rings (SSSR count). The lowest BCUT2D eigenvalue weighted by atomic mass is 9.79. The van der Waals surface area contributed by atoms with Crippen LogP contribution < -0.4 is 11.3 Å². The molecule has 3 heterocycles. The molecule has 2 aromatic rings. The van der Waals surface area contributed by atoms with Gasteiger partial charge < -0.3 is 20.0 Å². The number of nitrogens with two attached hydrogens (primary N) is 1. The van der Waals surface area contributed by atoms with Crippen molar-refractivity contribution in [1.29, 1.82) is 0 Å². The van der Waals surface area contributed by atoms with E-state index in [1.807, 2.05) is 13.8 Å². The Morgan fingerprint density at radius 1 is 1.38 bits per heavy atom. The Hall–Kier alpha value is -2.05. The number of halogens is 1. The summed E-state index contributed by atoms with van der Waals surface area (Å²) in [4.78, 5) is 29.3. The van der Waals surface area contributed by atoms with Gasteiger partial charge in [0.1, 0.15) is 11.3 Å². The van der Waals surface area contributed by atoms with E-state index in [1.54, 1.807) is 29.2 Å². The molecule has 0 aromatic carbocycles. The van der Waals surface area contributed by atoms with Gasteiger partial charge in [0.05, 0.1) is 12.0 Å². The number of hydrogen-bond acceptors (Lipinski definition) is 4. The summed E-state index contributed by atoms with van der Waals surface area (Å²) in [6.45, 7) is 5.21. The Balaban J connectivity index is 0.00000208. The van der Waals surface area contributed by atoms with Crippen molar-refractivity contribution < 1.29 is 9.21 Å². The van der Waals surface area contributed by atoms with E-state index in [1.165, 1.54) is 6.26 Å². The lowest BCUT2D eigenvalue weighted by Gasteiger charge is -2.42. The molecule has 24 heavy (non-hydrogen) atoms. The molecular weight excluding hydrogens is 330 g/mol. The van der Waals surface area contributed by atoms with Crippen LogP contribution >= 0.6 is 12.4 Å². The van der Waals surface area contributed by atoms with Gasteiger partial charge in [-0.25, -0.2) is 0 Å². The molecule has 0 bridgehead atoms. The molecule has 7 heteroatoms. The first-order valence-corrected chi connectivity index (χ1v) is 7.70. The fraction of sp³-hybridized carbons (Fsp3) is 0.412. The Morgan fingerprint density at radius 3 is 2.71 bits per heavy atom. The van der Waals surface area contributed by atoms with Gasteiger partial charge in [-0.15, -0.1) is 12.4 Å². The highest BCUT2D eigenvalue weighted by Gasteiger charge is 2.36. The number of hydrogen-bond donors (Lipinski definition) is 2. The first kappa shape index (κ1) is 18.3. The van der Waals surface area contributed by atoms with Gasteiger partial charge in [-0.3, -0.25) is 9.59 Å². The summed E-state index contributed by atoms with van der Waals surface area (Å²) in [5.74, 6) is 0.309. The third-order valence-electron chi connectivity index (χ3n) is 4.53. The SMILES string of the molecule is CC1(C)CN(C(=O)c2ccc(-c3ccco3)[nH]c2=O)CCC1N.Cl. The number of pyridine rings is 1. The number of nitrogens with zero attached hydrogens (tertiary/aromatic N) is 1. The third-order valence-corrected chi connectivity index (χ3v) is 4.53. The molecular formula is C17H22ClN3O3. The molecule has 1 aliphatic heterocycles. The summed E-state index contributed by atoms with van der Waals surface area (Å²) >= 11 is 0. The number of carbonyl (C=O) groups excluding carboxylic acids is 1. The summed E-state index contributed by atoms with van der Waals surface area (Å²) < 4.78 is 5.25. The van der Waals surface area contributed by atoms with Crippen LogP contribution in [0.3, 0.4) is 0 Å². The topological polar surface area (TPSA) is 92.3 Å². The number of carbonyl (C=O) groups is 1. The van der Waals surface area contributed by atoms with Gasteiger partial charge in [0.15, 0.2) is 0 Å². The minimum Gasteiger partial charge on any atom is -0.463 e. The van der Waals surface area contributed by atoms with Crippen LogP contribution in [0.5, 0.6) is 0 Å². The van der Waals surface area contributed by atoms with Crippen molar-refractivity contribution in [3.8, 4) is 11.5 Å². The molecule has 1 atom stereocenters. The molecule has 1 fully saturated rings. The molecule has 0 aliphatic carbocycles. The lowest BCUT2D eigenvalue weighted by Crippen LogP contribution is -2.54. The van der Waals surface area contributed by atoms with Gasteiger partial charge in [0.2, 0.25) is 0 Å². The van der Waals surface area contributed by atoms with Crippen molar-refractivity contribution in [2.24, 2.45) is 11.1 Å². The van der Waals surface area contributed by atoms with Crippen molar-refractivity contribution in [2.45, 2.75) is 26.3 Å². The maximum atomic E-state index is 12.7. The molecule has 1 unspecified atom stereocenters. The molecule has 130 valence electrons. The first-order chi connectivity index (χ1) is 10.9. The zero-order chi connectivity index (χ0) is 16.6. The van der Waals surface area contributed by atoms with Crippen LogP contribution in [-0.4, -0.2) is 34.9 Å². The van der Waals surface area contributed by atoms with E-state index in [2.05, 4.69) is 4.98 Å². The van der Waals surface area contributed by atoms with Crippen LogP contribution in [0.15, 0.2) is 39.7 Å². The molecule has 1 saturated heterocycles. The summed E-state index contributed by atoms with van der Waals surface area (Å²) in [6.07, 6.45) is 2.27. The first-order valence-electron chi connectivity index (χ1n) is 7.70. The minimum absolute atomic E-state index is 0. The van der Waals surface area contributed by atoms with Crippen LogP contribution in [0.2, 0.25) is 0 Å². The van der Waals surface area contributed by atoms with Gasteiger partial charge in [-0.05, 0) is 36.1 Å². The van der Waals surface area contributed by atoms with E-state index < -0.39 is 5.56 Å². The van der Waals surface area contributed by atoms with Gasteiger partial charge in [-0.1, -0.05) is 13.8 Å². The minimum atomic E-state index is -0.406. The van der Waals surface area contributed by atoms with Crippen molar-refractivity contribution in [3.63, 3.8) is 0 Å². The van der Waals surface area contributed by atoms with Crippen LogP contribution in [0.1, 0.15) is 30.6 Å². The molecule has 6 nitrogen and oxygen atoms in total. The van der Waals surface area contributed by atoms with E-state index >= 15 is 0 Å². The van der Waals surface area contributed by atoms with Crippen molar-refractivity contribution >= 4 is 18.3 Å². The lowest BCUT2D eigenvalue weighted by molar-refractivity contribution is 0.0531. The maximum absolute atomic E-state index is 12.7. The molecule has 1 aliphatic rings. The number of likely N-dealkylation sites (tertiary alicyclic amines) is 1. The predicted octanol–water partition coefficient (Wildman–Crippen LogP) is 2.26. The Labute approximate surface area is 146 Å². The quantitative estimate of drug-likeness (QED) is 0.868. The normalized spacial score (nSPS) is 19.6. The summed E-state index contributed by atoms with van der Waals surface area (Å²) in [5, 5.41) is 0. The summed E-state index contributed by atoms with van der Waals surface area (Å²) in [6, 6.07) is 6.80. The second-order valence-corrected chi connectivity index (χ2v) is 6.70. The second kappa shape index (κ2) is 6.83. The Bertz CT molecular complexity index is 768. The number of furan rings is 1. The van der Waals surface area contributed by atoms with E-state index in [-0.39, 0.29) is 35.3 Å². The van der Waals surface area contributed by atoms with Crippen molar-refractivity contribution in [1.82, 2.24) is 9.88 Å². The summed E-state index contributed by atoms with van der Waals surface area (Å²) in [5.41, 5.74) is 6.24. The van der Waals surface area contributed by atoms with E-state index in [0.29, 0.717) is 24.5 Å². The molecule has 0 spiro atoms. The van der Waals surface area contributed by atoms with Crippen LogP contribution in [0, 0.1) is 5.41 Å². The Kier molecular flexibility index (Phi) is 5.20. The average molecular weight is 352 g/mol. The summed E-state index contributed by atoms with van der Waals surface area (Å²) in [7, 11) is 0. The highest BCUT2D eigenvalue weighted by molar-refractivity contribution is 5.94. The maximum Gasteiger partial charge on any atom is 0.261 e. The van der Waals surface area contributed by atoms with Crippen LogP contribution in [-0.2, 0) is 0 Å². The number of rotatable bonds is 2. The standard InChI is InChI=1S/C17H21N3O3.ClH/c1-17(2)10-20(8-7-14(17)18)16(22)11-5-6-12(19-15(11)21)13-4-3-9-23-13;/h3-6,9,14H,7-8,10,18H2,1-2H3,(H,19,21);1H. The zero-order valence-corrected chi connectivity index (χ0v) is 14.6. The average Bonchev–Trinajstić information content (AvgIpc) is 3.03. The van der Waals surface area contributed by atoms with Crippen LogP contribution in [0.25, 0.3) is 11.5 Å². The van der Waals surface area contributed by atoms with E-state index in [9.17, 15) is 9.59 Å². The van der Waals surface area contributed by atoms with Crippen LogP contribution in [0.4, 0.5) is 0 Å². The number of amides is 1. The molecule has 1 amide bonds.